The van der Waals surface area contributed by atoms with Crippen LogP contribution in [0.1, 0.15) is 56.0 Å². The van der Waals surface area contributed by atoms with E-state index >= 15 is 0 Å². The average molecular weight is 283 g/mol. The molecule has 2 unspecified atom stereocenters. The van der Waals surface area contributed by atoms with Crippen LogP contribution in [0.2, 0.25) is 0 Å². The monoisotopic (exact) mass is 282 g/mol. The number of ether oxygens (including phenoxy) is 1. The summed E-state index contributed by atoms with van der Waals surface area (Å²) in [5.74, 6) is 0.589. The molecule has 2 atom stereocenters. The first-order valence-electron chi connectivity index (χ1n) is 7.44. The predicted molar refractivity (Wildman–Crippen MR) is 83.9 cm³/mol. The van der Waals surface area contributed by atoms with E-state index in [0.717, 1.165) is 19.4 Å². The number of rotatable bonds is 9. The van der Waals surface area contributed by atoms with E-state index in [4.69, 9.17) is 16.3 Å². The van der Waals surface area contributed by atoms with E-state index in [1.54, 1.807) is 7.11 Å². The number of hydrogen-bond donors (Lipinski definition) is 0. The highest BCUT2D eigenvalue weighted by atomic mass is 35.5. The summed E-state index contributed by atoms with van der Waals surface area (Å²) in [5.41, 5.74) is 2.57. The van der Waals surface area contributed by atoms with Gasteiger partial charge in [-0.1, -0.05) is 57.4 Å². The lowest BCUT2D eigenvalue weighted by molar-refractivity contribution is 0.202. The lowest BCUT2D eigenvalue weighted by Gasteiger charge is -2.21. The fourth-order valence-electron chi connectivity index (χ4n) is 2.38. The molecule has 19 heavy (non-hydrogen) atoms. The Morgan fingerprint density at radius 1 is 1.16 bits per heavy atom. The molecule has 0 fully saturated rings. The molecular weight excluding hydrogens is 256 g/mol. The molecule has 0 saturated carbocycles. The molecule has 1 nitrogen and oxygen atoms in total. The molecule has 1 aromatic rings. The van der Waals surface area contributed by atoms with Gasteiger partial charge in [-0.15, -0.1) is 11.6 Å². The molecule has 0 N–H and O–H groups in total. The van der Waals surface area contributed by atoms with E-state index in [-0.39, 0.29) is 5.38 Å². The topological polar surface area (TPSA) is 9.23 Å². The Balaban J connectivity index is 2.62. The van der Waals surface area contributed by atoms with Gasteiger partial charge in [0.1, 0.15) is 0 Å². The molecule has 0 aromatic heterocycles. The Morgan fingerprint density at radius 3 is 2.37 bits per heavy atom. The van der Waals surface area contributed by atoms with Crippen LogP contribution >= 0.6 is 11.6 Å². The largest absolute Gasteiger partial charge is 0.384 e. The third kappa shape index (κ3) is 5.54. The van der Waals surface area contributed by atoms with Gasteiger partial charge in [0, 0.05) is 7.11 Å². The van der Waals surface area contributed by atoms with Gasteiger partial charge in [-0.25, -0.2) is 0 Å². The van der Waals surface area contributed by atoms with Crippen molar-refractivity contribution in [2.45, 2.75) is 51.3 Å². The highest BCUT2D eigenvalue weighted by Crippen LogP contribution is 2.34. The van der Waals surface area contributed by atoms with E-state index in [1.807, 2.05) is 0 Å². The molecule has 108 valence electrons. The molecule has 0 radical (unpaired) electrons. The first kappa shape index (κ1) is 16.5. The van der Waals surface area contributed by atoms with Gasteiger partial charge in [-0.05, 0) is 29.9 Å². The molecule has 0 bridgehead atoms. The van der Waals surface area contributed by atoms with Crippen LogP contribution in [0, 0.1) is 5.92 Å². The van der Waals surface area contributed by atoms with Crippen LogP contribution in [0.15, 0.2) is 24.3 Å². The Bertz CT molecular complexity index is 334. The van der Waals surface area contributed by atoms with Crippen molar-refractivity contribution in [1.29, 1.82) is 0 Å². The number of benzene rings is 1. The smallest absolute Gasteiger partial charge is 0.0613 e. The quantitative estimate of drug-likeness (QED) is 0.553. The summed E-state index contributed by atoms with van der Waals surface area (Å²) < 4.78 is 5.10. The van der Waals surface area contributed by atoms with Crippen molar-refractivity contribution in [1.82, 2.24) is 0 Å². The Morgan fingerprint density at radius 2 is 1.84 bits per heavy atom. The van der Waals surface area contributed by atoms with Gasteiger partial charge in [0.25, 0.3) is 0 Å². The number of halogens is 1. The normalized spacial score (nSPS) is 14.3. The van der Waals surface area contributed by atoms with E-state index in [0.29, 0.717) is 5.92 Å². The number of hydrogen-bond acceptors (Lipinski definition) is 1. The summed E-state index contributed by atoms with van der Waals surface area (Å²) in [4.78, 5) is 0. The van der Waals surface area contributed by atoms with Gasteiger partial charge in [0.05, 0.1) is 12.0 Å². The van der Waals surface area contributed by atoms with Crippen molar-refractivity contribution in [2.75, 3.05) is 13.7 Å². The molecule has 1 aromatic carbocycles. The third-order valence-electron chi connectivity index (χ3n) is 3.76. The van der Waals surface area contributed by atoms with Crippen LogP contribution in [-0.4, -0.2) is 13.7 Å². The van der Waals surface area contributed by atoms with Gasteiger partial charge in [0.15, 0.2) is 0 Å². The number of alkyl halides is 1. The van der Waals surface area contributed by atoms with Crippen LogP contribution in [0.5, 0.6) is 0 Å². The van der Waals surface area contributed by atoms with Gasteiger partial charge in [-0.3, -0.25) is 0 Å². The molecule has 2 heteroatoms. The molecule has 1 rings (SSSR count). The minimum Gasteiger partial charge on any atom is -0.384 e. The van der Waals surface area contributed by atoms with Crippen molar-refractivity contribution < 1.29 is 4.74 Å². The maximum absolute atomic E-state index is 6.64. The van der Waals surface area contributed by atoms with Crippen molar-refractivity contribution in [2.24, 2.45) is 5.92 Å². The minimum absolute atomic E-state index is 0.146. The lowest BCUT2D eigenvalue weighted by atomic mass is 9.91. The van der Waals surface area contributed by atoms with Gasteiger partial charge >= 0.3 is 0 Å². The lowest BCUT2D eigenvalue weighted by Crippen LogP contribution is -2.07. The Kier molecular flexibility index (Phi) is 8.16. The van der Waals surface area contributed by atoms with E-state index in [1.165, 1.54) is 30.4 Å². The SMILES string of the molecule is CCCCC(CC)C(Cl)c1ccc(CCOC)cc1. The maximum Gasteiger partial charge on any atom is 0.0613 e. The second-order valence-electron chi connectivity index (χ2n) is 5.20. The fraction of sp³-hybridized carbons (Fsp3) is 0.647. The number of unbranched alkanes of at least 4 members (excludes halogenated alkanes) is 1. The average Bonchev–Trinajstić information content (AvgIpc) is 2.46. The van der Waals surface area contributed by atoms with Crippen LogP contribution < -0.4 is 0 Å². The molecule has 0 spiro atoms. The van der Waals surface area contributed by atoms with Crippen LogP contribution in [0.25, 0.3) is 0 Å². The Labute approximate surface area is 123 Å². The van der Waals surface area contributed by atoms with Gasteiger partial charge in [-0.2, -0.15) is 0 Å². The fourth-order valence-corrected chi connectivity index (χ4v) is 2.83. The highest BCUT2D eigenvalue weighted by Gasteiger charge is 2.18. The van der Waals surface area contributed by atoms with Gasteiger partial charge < -0.3 is 4.74 Å². The second kappa shape index (κ2) is 9.39. The van der Waals surface area contributed by atoms with Crippen LogP contribution in [0.3, 0.4) is 0 Å². The van der Waals surface area contributed by atoms with E-state index in [2.05, 4.69) is 38.1 Å². The third-order valence-corrected chi connectivity index (χ3v) is 4.37. The molecule has 0 amide bonds. The maximum atomic E-state index is 6.64. The number of methoxy groups -OCH3 is 1. The summed E-state index contributed by atoms with van der Waals surface area (Å²) in [6.45, 7) is 5.25. The van der Waals surface area contributed by atoms with Crippen molar-refractivity contribution in [3.63, 3.8) is 0 Å². The van der Waals surface area contributed by atoms with Gasteiger partial charge in [0.2, 0.25) is 0 Å². The molecule has 0 aliphatic rings. The van der Waals surface area contributed by atoms with E-state index < -0.39 is 0 Å². The summed E-state index contributed by atoms with van der Waals surface area (Å²) in [7, 11) is 1.74. The van der Waals surface area contributed by atoms with E-state index in [9.17, 15) is 0 Å². The van der Waals surface area contributed by atoms with Crippen molar-refractivity contribution in [3.8, 4) is 0 Å². The molecule has 0 saturated heterocycles. The second-order valence-corrected chi connectivity index (χ2v) is 5.67. The summed E-state index contributed by atoms with van der Waals surface area (Å²) in [6.07, 6.45) is 5.87. The first-order valence-corrected chi connectivity index (χ1v) is 7.88. The summed E-state index contributed by atoms with van der Waals surface area (Å²) in [6, 6.07) is 8.71. The zero-order valence-corrected chi connectivity index (χ0v) is 13.2. The molecule has 0 heterocycles. The van der Waals surface area contributed by atoms with Crippen molar-refractivity contribution in [3.05, 3.63) is 35.4 Å². The van der Waals surface area contributed by atoms with Crippen LogP contribution in [0.4, 0.5) is 0 Å². The minimum atomic E-state index is 0.146. The Hall–Kier alpha value is -0.530. The van der Waals surface area contributed by atoms with Crippen molar-refractivity contribution >= 4 is 11.6 Å². The zero-order valence-electron chi connectivity index (χ0n) is 12.5. The molecule has 0 aliphatic carbocycles. The predicted octanol–water partition coefficient (Wildman–Crippen LogP) is 5.37. The zero-order chi connectivity index (χ0) is 14.1. The first-order chi connectivity index (χ1) is 9.22. The molecule has 0 aliphatic heterocycles. The highest BCUT2D eigenvalue weighted by molar-refractivity contribution is 6.21. The summed E-state index contributed by atoms with van der Waals surface area (Å²) >= 11 is 6.64. The van der Waals surface area contributed by atoms with Crippen LogP contribution in [-0.2, 0) is 11.2 Å². The molecular formula is C17H27ClO. The standard InChI is InChI=1S/C17H27ClO/c1-4-6-7-15(5-2)17(18)16-10-8-14(9-11-16)12-13-19-3/h8-11,15,17H,4-7,12-13H2,1-3H3. The summed E-state index contributed by atoms with van der Waals surface area (Å²) in [5, 5.41) is 0.146.